The first-order valence-corrected chi connectivity index (χ1v) is 9.93. The van der Waals surface area contributed by atoms with E-state index in [1.165, 1.54) is 6.21 Å². The summed E-state index contributed by atoms with van der Waals surface area (Å²) in [4.78, 5) is 17.2. The van der Waals surface area contributed by atoms with Crippen molar-refractivity contribution in [3.8, 4) is 11.5 Å². The van der Waals surface area contributed by atoms with Gasteiger partial charge in [0.05, 0.1) is 13.3 Å². The van der Waals surface area contributed by atoms with Gasteiger partial charge in [-0.15, -0.1) is 0 Å². The lowest BCUT2D eigenvalue weighted by Gasteiger charge is -2.11. The molecule has 0 fully saturated rings. The topological polar surface area (TPSA) is 69.2 Å². The number of amides is 1. The summed E-state index contributed by atoms with van der Waals surface area (Å²) >= 11 is 0. The average molecular weight is 418 g/mol. The van der Waals surface area contributed by atoms with Crippen molar-refractivity contribution in [2.24, 2.45) is 5.16 Å². The molecule has 0 radical (unpaired) electrons. The van der Waals surface area contributed by atoms with Gasteiger partial charge in [-0.25, -0.2) is 0 Å². The number of methoxy groups -OCH3 is 1. The molecule has 3 aromatic rings. The fourth-order valence-corrected chi connectivity index (χ4v) is 2.89. The maximum atomic E-state index is 12.1. The number of benzene rings is 3. The van der Waals surface area contributed by atoms with Gasteiger partial charge >= 0.3 is 0 Å². The van der Waals surface area contributed by atoms with Crippen molar-refractivity contribution >= 4 is 17.8 Å². The van der Waals surface area contributed by atoms with Gasteiger partial charge in [0.1, 0.15) is 6.61 Å². The number of carbonyl (C=O) groups excluding carboxylic acids is 1. The maximum Gasteiger partial charge on any atom is 0.265 e. The highest BCUT2D eigenvalue weighted by Crippen LogP contribution is 2.28. The number of oxime groups is 1. The summed E-state index contributed by atoms with van der Waals surface area (Å²) in [6, 6.07) is 21.1. The Labute approximate surface area is 182 Å². The van der Waals surface area contributed by atoms with Gasteiger partial charge < -0.3 is 19.6 Å². The van der Waals surface area contributed by atoms with E-state index in [0.29, 0.717) is 18.1 Å². The molecular weight excluding hydrogens is 392 g/mol. The number of ether oxygens (including phenoxy) is 2. The lowest BCUT2D eigenvalue weighted by atomic mass is 10.1. The van der Waals surface area contributed by atoms with E-state index in [-0.39, 0.29) is 12.5 Å². The number of aryl methyl sites for hydroxylation is 1. The third-order valence-electron chi connectivity index (χ3n) is 4.78. The quantitative estimate of drug-likeness (QED) is 0.397. The molecule has 31 heavy (non-hydrogen) atoms. The van der Waals surface area contributed by atoms with Crippen molar-refractivity contribution in [1.82, 2.24) is 0 Å². The molecule has 0 aliphatic heterocycles. The fourth-order valence-electron chi connectivity index (χ4n) is 2.89. The first-order valence-electron chi connectivity index (χ1n) is 9.93. The van der Waals surface area contributed by atoms with Crippen molar-refractivity contribution in [3.05, 3.63) is 89.0 Å². The summed E-state index contributed by atoms with van der Waals surface area (Å²) in [5.74, 6) is 0.956. The second-order valence-electron chi connectivity index (χ2n) is 6.99. The fraction of sp³-hybridized carbons (Fsp3) is 0.200. The van der Waals surface area contributed by atoms with Crippen LogP contribution in [0.1, 0.15) is 22.3 Å². The van der Waals surface area contributed by atoms with E-state index in [1.54, 1.807) is 13.2 Å². The smallest absolute Gasteiger partial charge is 0.265 e. The largest absolute Gasteiger partial charge is 0.493 e. The van der Waals surface area contributed by atoms with Gasteiger partial charge in [0, 0.05) is 11.3 Å². The second kappa shape index (κ2) is 10.8. The Bertz CT molecular complexity index is 1050. The Balaban J connectivity index is 1.52. The Kier molecular flexibility index (Phi) is 7.65. The van der Waals surface area contributed by atoms with E-state index in [1.807, 2.05) is 74.5 Å². The number of nitrogens with zero attached hydrogens (tertiary/aromatic N) is 1. The van der Waals surface area contributed by atoms with E-state index in [4.69, 9.17) is 14.3 Å². The van der Waals surface area contributed by atoms with Crippen LogP contribution in [0.15, 0.2) is 71.9 Å². The van der Waals surface area contributed by atoms with Crippen LogP contribution in [-0.4, -0.2) is 25.8 Å². The Morgan fingerprint density at radius 3 is 2.58 bits per heavy atom. The maximum absolute atomic E-state index is 12.1. The van der Waals surface area contributed by atoms with Crippen LogP contribution in [0.4, 0.5) is 5.69 Å². The number of hydrogen-bond acceptors (Lipinski definition) is 5. The van der Waals surface area contributed by atoms with Crippen LogP contribution in [-0.2, 0) is 16.2 Å². The van der Waals surface area contributed by atoms with Crippen molar-refractivity contribution in [1.29, 1.82) is 0 Å². The summed E-state index contributed by atoms with van der Waals surface area (Å²) < 4.78 is 11.3. The van der Waals surface area contributed by atoms with E-state index in [9.17, 15) is 4.79 Å². The SMILES string of the molecule is COc1cc(/C=N\OCC(=O)Nc2cccc(C)c2C)ccc1OCc1ccccc1. The van der Waals surface area contributed by atoms with Crippen LogP contribution < -0.4 is 14.8 Å². The molecule has 3 aromatic carbocycles. The highest BCUT2D eigenvalue weighted by atomic mass is 16.6. The molecule has 0 unspecified atom stereocenters. The summed E-state index contributed by atoms with van der Waals surface area (Å²) in [5, 5.41) is 6.71. The molecule has 1 amide bonds. The van der Waals surface area contributed by atoms with Crippen LogP contribution in [0.25, 0.3) is 0 Å². The summed E-state index contributed by atoms with van der Waals surface area (Å²) in [7, 11) is 1.58. The van der Waals surface area contributed by atoms with Gasteiger partial charge in [-0.1, -0.05) is 47.6 Å². The first kappa shape index (κ1) is 21.9. The van der Waals surface area contributed by atoms with Crippen LogP contribution >= 0.6 is 0 Å². The number of nitrogens with one attached hydrogen (secondary N) is 1. The molecule has 0 saturated carbocycles. The molecule has 0 spiro atoms. The minimum atomic E-state index is -0.270. The minimum absolute atomic E-state index is 0.181. The molecule has 6 nitrogen and oxygen atoms in total. The molecule has 1 N–H and O–H groups in total. The normalized spacial score (nSPS) is 10.7. The Morgan fingerprint density at radius 2 is 1.81 bits per heavy atom. The molecular formula is C25H26N2O4. The zero-order valence-corrected chi connectivity index (χ0v) is 17.9. The second-order valence-corrected chi connectivity index (χ2v) is 6.99. The van der Waals surface area contributed by atoms with Gasteiger partial charge in [-0.2, -0.15) is 0 Å². The van der Waals surface area contributed by atoms with Gasteiger partial charge in [-0.3, -0.25) is 4.79 Å². The van der Waals surface area contributed by atoms with Gasteiger partial charge in [0.15, 0.2) is 18.1 Å². The average Bonchev–Trinajstić information content (AvgIpc) is 2.79. The predicted molar refractivity (Wildman–Crippen MR) is 122 cm³/mol. The standard InChI is InChI=1S/C25H26N2O4/c1-18-8-7-11-22(19(18)2)27-25(28)17-31-26-15-21-12-13-23(24(14-21)29-3)30-16-20-9-5-4-6-10-20/h4-15H,16-17H2,1-3H3,(H,27,28)/b26-15-. The monoisotopic (exact) mass is 418 g/mol. The lowest BCUT2D eigenvalue weighted by molar-refractivity contribution is -0.120. The lowest BCUT2D eigenvalue weighted by Crippen LogP contribution is -2.17. The van der Waals surface area contributed by atoms with Gasteiger partial charge in [0.25, 0.3) is 5.91 Å². The van der Waals surface area contributed by atoms with Crippen molar-refractivity contribution < 1.29 is 19.1 Å². The predicted octanol–water partition coefficient (Wildman–Crippen LogP) is 4.88. The third-order valence-corrected chi connectivity index (χ3v) is 4.78. The molecule has 0 aliphatic rings. The van der Waals surface area contributed by atoms with Crippen LogP contribution in [0.2, 0.25) is 0 Å². The first-order chi connectivity index (χ1) is 15.1. The van der Waals surface area contributed by atoms with Gasteiger partial charge in [0.2, 0.25) is 0 Å². The minimum Gasteiger partial charge on any atom is -0.493 e. The molecule has 160 valence electrons. The number of rotatable bonds is 9. The van der Waals surface area contributed by atoms with Gasteiger partial charge in [-0.05, 0) is 54.8 Å². The Hall–Kier alpha value is -3.80. The molecule has 0 bridgehead atoms. The number of carbonyl (C=O) groups is 1. The molecule has 0 aliphatic carbocycles. The zero-order valence-electron chi connectivity index (χ0n) is 17.9. The van der Waals surface area contributed by atoms with Crippen LogP contribution in [0, 0.1) is 13.8 Å². The van der Waals surface area contributed by atoms with E-state index in [2.05, 4.69) is 10.5 Å². The molecule has 3 rings (SSSR count). The Morgan fingerprint density at radius 1 is 1.00 bits per heavy atom. The molecule has 0 saturated heterocycles. The van der Waals surface area contributed by atoms with Crippen LogP contribution in [0.3, 0.4) is 0 Å². The molecule has 0 aromatic heterocycles. The van der Waals surface area contributed by atoms with Crippen molar-refractivity contribution in [3.63, 3.8) is 0 Å². The molecule has 0 heterocycles. The van der Waals surface area contributed by atoms with Crippen molar-refractivity contribution in [2.45, 2.75) is 20.5 Å². The highest BCUT2D eigenvalue weighted by Gasteiger charge is 2.07. The number of hydrogen-bond donors (Lipinski definition) is 1. The summed E-state index contributed by atoms with van der Waals surface area (Å²) in [5.41, 5.74) is 4.75. The molecule has 0 atom stereocenters. The zero-order chi connectivity index (χ0) is 22.1. The number of anilines is 1. The van der Waals surface area contributed by atoms with Crippen molar-refractivity contribution in [2.75, 3.05) is 19.0 Å². The van der Waals surface area contributed by atoms with Crippen LogP contribution in [0.5, 0.6) is 11.5 Å². The summed E-state index contributed by atoms with van der Waals surface area (Å²) in [6.45, 7) is 4.23. The summed E-state index contributed by atoms with van der Waals surface area (Å²) in [6.07, 6.45) is 1.52. The molecule has 6 heteroatoms. The van der Waals surface area contributed by atoms with E-state index < -0.39 is 0 Å². The van der Waals surface area contributed by atoms with E-state index >= 15 is 0 Å². The van der Waals surface area contributed by atoms with E-state index in [0.717, 1.165) is 27.9 Å². The highest BCUT2D eigenvalue weighted by molar-refractivity contribution is 5.92. The third kappa shape index (κ3) is 6.34.